The molecule has 3 rings (SSSR count). The van der Waals surface area contributed by atoms with Crippen LogP contribution in [0.4, 0.5) is 0 Å². The SMILES string of the molecule is Cn1ccnc1-c1nccn1CC1CCS(=O)(=O)C1. The van der Waals surface area contributed by atoms with Gasteiger partial charge in [0.1, 0.15) is 0 Å². The number of nitrogens with zero attached hydrogens (tertiary/aromatic N) is 4. The largest absolute Gasteiger partial charge is 0.331 e. The van der Waals surface area contributed by atoms with Gasteiger partial charge >= 0.3 is 0 Å². The number of aryl methyl sites for hydroxylation is 1. The first-order valence-corrected chi connectivity index (χ1v) is 8.06. The molecule has 1 unspecified atom stereocenters. The van der Waals surface area contributed by atoms with Gasteiger partial charge in [-0.2, -0.15) is 0 Å². The summed E-state index contributed by atoms with van der Waals surface area (Å²) in [4.78, 5) is 8.61. The van der Waals surface area contributed by atoms with Crippen LogP contribution in [0.5, 0.6) is 0 Å². The van der Waals surface area contributed by atoms with Gasteiger partial charge in [-0.3, -0.25) is 0 Å². The fourth-order valence-electron chi connectivity index (χ4n) is 2.54. The average molecular weight is 280 g/mol. The lowest BCUT2D eigenvalue weighted by molar-refractivity contribution is 0.492. The number of sulfone groups is 1. The van der Waals surface area contributed by atoms with Crippen molar-refractivity contribution in [2.45, 2.75) is 13.0 Å². The minimum absolute atomic E-state index is 0.179. The Kier molecular flexibility index (Phi) is 2.93. The quantitative estimate of drug-likeness (QED) is 0.830. The van der Waals surface area contributed by atoms with E-state index < -0.39 is 9.84 Å². The third-order valence-corrected chi connectivity index (χ3v) is 5.36. The van der Waals surface area contributed by atoms with Gasteiger partial charge in [-0.05, 0) is 12.3 Å². The highest BCUT2D eigenvalue weighted by molar-refractivity contribution is 7.91. The molecule has 3 heterocycles. The van der Waals surface area contributed by atoms with Crippen molar-refractivity contribution in [1.29, 1.82) is 0 Å². The Balaban J connectivity index is 1.84. The molecule has 1 aliphatic heterocycles. The van der Waals surface area contributed by atoms with Gasteiger partial charge in [0.25, 0.3) is 0 Å². The Labute approximate surface area is 112 Å². The number of rotatable bonds is 3. The second-order valence-electron chi connectivity index (χ2n) is 5.03. The van der Waals surface area contributed by atoms with Gasteiger partial charge < -0.3 is 9.13 Å². The van der Waals surface area contributed by atoms with Crippen molar-refractivity contribution in [2.75, 3.05) is 11.5 Å². The summed E-state index contributed by atoms with van der Waals surface area (Å²) in [6.07, 6.45) is 7.95. The molecule has 0 aromatic carbocycles. The van der Waals surface area contributed by atoms with Crippen LogP contribution in [-0.4, -0.2) is 39.0 Å². The van der Waals surface area contributed by atoms with E-state index in [4.69, 9.17) is 0 Å². The molecule has 0 spiro atoms. The third kappa shape index (κ3) is 2.42. The highest BCUT2D eigenvalue weighted by Gasteiger charge is 2.28. The van der Waals surface area contributed by atoms with E-state index in [0.29, 0.717) is 12.3 Å². The topological polar surface area (TPSA) is 69.8 Å². The molecule has 7 heteroatoms. The van der Waals surface area contributed by atoms with Crippen LogP contribution in [0, 0.1) is 5.92 Å². The molecule has 6 nitrogen and oxygen atoms in total. The molecule has 102 valence electrons. The van der Waals surface area contributed by atoms with E-state index in [2.05, 4.69) is 9.97 Å². The van der Waals surface area contributed by atoms with Crippen LogP contribution in [0.25, 0.3) is 11.6 Å². The lowest BCUT2D eigenvalue weighted by Gasteiger charge is -2.11. The van der Waals surface area contributed by atoms with Gasteiger partial charge in [-0.1, -0.05) is 0 Å². The minimum atomic E-state index is -2.83. The van der Waals surface area contributed by atoms with Crippen molar-refractivity contribution in [3.63, 3.8) is 0 Å². The Morgan fingerprint density at radius 1 is 1.26 bits per heavy atom. The summed E-state index contributed by atoms with van der Waals surface area (Å²) in [7, 11) is -0.910. The lowest BCUT2D eigenvalue weighted by atomic mass is 10.1. The first-order chi connectivity index (χ1) is 9.05. The predicted molar refractivity (Wildman–Crippen MR) is 71.2 cm³/mol. The molecule has 0 radical (unpaired) electrons. The van der Waals surface area contributed by atoms with Crippen LogP contribution in [0.15, 0.2) is 24.8 Å². The van der Waals surface area contributed by atoms with Crippen LogP contribution >= 0.6 is 0 Å². The summed E-state index contributed by atoms with van der Waals surface area (Å²) < 4.78 is 26.9. The Hall–Kier alpha value is -1.63. The van der Waals surface area contributed by atoms with Crippen molar-refractivity contribution in [1.82, 2.24) is 19.1 Å². The summed E-state index contributed by atoms with van der Waals surface area (Å²) in [5.41, 5.74) is 0. The highest BCUT2D eigenvalue weighted by atomic mass is 32.2. The molecular weight excluding hydrogens is 264 g/mol. The zero-order valence-electron chi connectivity index (χ0n) is 10.7. The van der Waals surface area contributed by atoms with Crippen LogP contribution in [-0.2, 0) is 23.4 Å². The van der Waals surface area contributed by atoms with E-state index in [-0.39, 0.29) is 11.7 Å². The van der Waals surface area contributed by atoms with Gasteiger partial charge in [0.15, 0.2) is 21.5 Å². The molecule has 1 fully saturated rings. The van der Waals surface area contributed by atoms with Gasteiger partial charge in [-0.25, -0.2) is 18.4 Å². The normalized spacial score (nSPS) is 21.8. The summed E-state index contributed by atoms with van der Waals surface area (Å²) in [5.74, 6) is 2.36. The van der Waals surface area contributed by atoms with Gasteiger partial charge in [0, 0.05) is 38.4 Å². The first-order valence-electron chi connectivity index (χ1n) is 6.24. The van der Waals surface area contributed by atoms with Crippen molar-refractivity contribution in [3.05, 3.63) is 24.8 Å². The number of aromatic nitrogens is 4. The predicted octanol–water partition coefficient (Wildman–Crippen LogP) is 0.718. The van der Waals surface area contributed by atoms with E-state index in [1.807, 2.05) is 28.6 Å². The third-order valence-electron chi connectivity index (χ3n) is 3.52. The van der Waals surface area contributed by atoms with E-state index in [9.17, 15) is 8.42 Å². The fraction of sp³-hybridized carbons (Fsp3) is 0.500. The van der Waals surface area contributed by atoms with Crippen molar-refractivity contribution >= 4 is 9.84 Å². The van der Waals surface area contributed by atoms with Crippen LogP contribution in [0.3, 0.4) is 0 Å². The minimum Gasteiger partial charge on any atom is -0.331 e. The summed E-state index contributed by atoms with van der Waals surface area (Å²) >= 11 is 0. The molecule has 0 saturated carbocycles. The molecule has 0 bridgehead atoms. The van der Waals surface area contributed by atoms with Gasteiger partial charge in [0.2, 0.25) is 0 Å². The Morgan fingerprint density at radius 3 is 2.63 bits per heavy atom. The second kappa shape index (κ2) is 4.48. The molecule has 0 aliphatic carbocycles. The number of imidazole rings is 2. The molecule has 2 aromatic rings. The van der Waals surface area contributed by atoms with Crippen molar-refractivity contribution < 1.29 is 8.42 Å². The van der Waals surface area contributed by atoms with Crippen LogP contribution < -0.4 is 0 Å². The Bertz CT molecular complexity index is 686. The standard InChI is InChI=1S/C12H16N4O2S/c1-15-5-3-13-11(15)12-14-4-6-16(12)8-10-2-7-19(17,18)9-10/h3-6,10H,2,7-9H2,1H3. The number of hydrogen-bond donors (Lipinski definition) is 0. The van der Waals surface area contributed by atoms with E-state index >= 15 is 0 Å². The fourth-order valence-corrected chi connectivity index (χ4v) is 4.39. The highest BCUT2D eigenvalue weighted by Crippen LogP contribution is 2.23. The maximum absolute atomic E-state index is 11.5. The molecule has 0 N–H and O–H groups in total. The Morgan fingerprint density at radius 2 is 2.00 bits per heavy atom. The lowest BCUT2D eigenvalue weighted by Crippen LogP contribution is -2.13. The van der Waals surface area contributed by atoms with Crippen LogP contribution in [0.2, 0.25) is 0 Å². The van der Waals surface area contributed by atoms with Crippen LogP contribution in [0.1, 0.15) is 6.42 Å². The smallest absolute Gasteiger partial charge is 0.176 e. The zero-order chi connectivity index (χ0) is 13.5. The van der Waals surface area contributed by atoms with Gasteiger partial charge in [-0.15, -0.1) is 0 Å². The monoisotopic (exact) mass is 280 g/mol. The zero-order valence-corrected chi connectivity index (χ0v) is 11.5. The van der Waals surface area contributed by atoms with E-state index in [1.165, 1.54) is 0 Å². The maximum atomic E-state index is 11.5. The van der Waals surface area contributed by atoms with Crippen molar-refractivity contribution in [2.24, 2.45) is 13.0 Å². The summed E-state index contributed by atoms with van der Waals surface area (Å²) in [6, 6.07) is 0. The molecule has 0 amide bonds. The molecule has 1 atom stereocenters. The van der Waals surface area contributed by atoms with E-state index in [0.717, 1.165) is 18.1 Å². The number of hydrogen-bond acceptors (Lipinski definition) is 4. The molecule has 2 aromatic heterocycles. The van der Waals surface area contributed by atoms with E-state index in [1.54, 1.807) is 12.4 Å². The average Bonchev–Trinajstić information content (AvgIpc) is 3.01. The molecule has 1 saturated heterocycles. The first kappa shape index (κ1) is 12.4. The molecule has 19 heavy (non-hydrogen) atoms. The van der Waals surface area contributed by atoms with Gasteiger partial charge in [0.05, 0.1) is 11.5 Å². The van der Waals surface area contributed by atoms with Crippen molar-refractivity contribution in [3.8, 4) is 11.6 Å². The second-order valence-corrected chi connectivity index (χ2v) is 7.26. The maximum Gasteiger partial charge on any atom is 0.176 e. The summed E-state index contributed by atoms with van der Waals surface area (Å²) in [5, 5.41) is 0. The molecular formula is C12H16N4O2S. The molecule has 1 aliphatic rings. The summed E-state index contributed by atoms with van der Waals surface area (Å²) in [6.45, 7) is 0.682.